The molecule has 4 heterocycles. The van der Waals surface area contributed by atoms with Gasteiger partial charge < -0.3 is 25.0 Å². The molecule has 136 valence electrons. The van der Waals surface area contributed by atoms with Crippen LogP contribution in [0.4, 0.5) is 5.82 Å². The van der Waals surface area contributed by atoms with Crippen LogP contribution in [0, 0.1) is 0 Å². The number of aliphatic hydroxyl groups excluding tert-OH is 3. The Morgan fingerprint density at radius 1 is 1.31 bits per heavy atom. The lowest BCUT2D eigenvalue weighted by Crippen LogP contribution is -2.33. The molecule has 1 fully saturated rings. The molecule has 4 atom stereocenters. The van der Waals surface area contributed by atoms with E-state index in [4.69, 9.17) is 4.74 Å². The fourth-order valence-corrected chi connectivity index (χ4v) is 2.82. The number of anilines is 1. The Bertz CT molecular complexity index is 910. The second-order valence-electron chi connectivity index (χ2n) is 5.77. The van der Waals surface area contributed by atoms with Gasteiger partial charge in [-0.05, 0) is 12.1 Å². The van der Waals surface area contributed by atoms with E-state index in [2.05, 4.69) is 30.5 Å². The molecular weight excluding hydrogens is 342 g/mol. The largest absolute Gasteiger partial charge is 0.394 e. The fraction of sp³-hybridized carbons (Fsp3) is 0.333. The van der Waals surface area contributed by atoms with E-state index in [-0.39, 0.29) is 0 Å². The summed E-state index contributed by atoms with van der Waals surface area (Å²) in [5, 5.41) is 33.4. The summed E-state index contributed by atoms with van der Waals surface area (Å²) in [7, 11) is 0. The number of fused-ring (bicyclic) bond motifs is 1. The SMILES string of the molecule is OC[C@H]1O[C@@H](n2cnc3c(N/N=C/c4ccc[nH]4)ncnc32)[C@H](O)[C@@H]1O. The van der Waals surface area contributed by atoms with Gasteiger partial charge in [-0.2, -0.15) is 5.10 Å². The Balaban J connectivity index is 1.61. The predicted molar refractivity (Wildman–Crippen MR) is 90.3 cm³/mol. The summed E-state index contributed by atoms with van der Waals surface area (Å²) in [4.78, 5) is 15.5. The van der Waals surface area contributed by atoms with Gasteiger partial charge in [-0.1, -0.05) is 0 Å². The molecule has 4 rings (SSSR count). The molecule has 1 aliphatic heterocycles. The van der Waals surface area contributed by atoms with Crippen LogP contribution in [-0.4, -0.2) is 71.0 Å². The summed E-state index contributed by atoms with van der Waals surface area (Å²) in [6.07, 6.45) is 1.92. The second kappa shape index (κ2) is 6.80. The topological polar surface area (TPSA) is 154 Å². The third kappa shape index (κ3) is 2.82. The lowest BCUT2D eigenvalue weighted by molar-refractivity contribution is -0.0511. The molecule has 3 aromatic rings. The van der Waals surface area contributed by atoms with E-state index in [0.29, 0.717) is 17.0 Å². The molecule has 3 aromatic heterocycles. The maximum Gasteiger partial charge on any atom is 0.177 e. The van der Waals surface area contributed by atoms with E-state index in [1.54, 1.807) is 12.4 Å². The average Bonchev–Trinajstić information content (AvgIpc) is 3.37. The van der Waals surface area contributed by atoms with Gasteiger partial charge in [-0.15, -0.1) is 0 Å². The van der Waals surface area contributed by atoms with E-state index >= 15 is 0 Å². The first-order valence-corrected chi connectivity index (χ1v) is 7.91. The molecule has 0 aromatic carbocycles. The normalized spacial score (nSPS) is 26.1. The van der Waals surface area contributed by atoms with Gasteiger partial charge in [-0.3, -0.25) is 9.99 Å². The van der Waals surface area contributed by atoms with Crippen LogP contribution in [0.15, 0.2) is 36.1 Å². The zero-order valence-electron chi connectivity index (χ0n) is 13.5. The summed E-state index contributed by atoms with van der Waals surface area (Å²) >= 11 is 0. The molecule has 0 unspecified atom stereocenters. The molecule has 1 saturated heterocycles. The van der Waals surface area contributed by atoms with Crippen LogP contribution in [-0.2, 0) is 4.74 Å². The molecule has 0 spiro atoms. The Morgan fingerprint density at radius 3 is 2.92 bits per heavy atom. The number of nitrogens with one attached hydrogen (secondary N) is 2. The van der Waals surface area contributed by atoms with Gasteiger partial charge in [0.15, 0.2) is 23.2 Å². The van der Waals surface area contributed by atoms with Crippen molar-refractivity contribution in [3.8, 4) is 0 Å². The van der Waals surface area contributed by atoms with Crippen LogP contribution >= 0.6 is 0 Å². The van der Waals surface area contributed by atoms with Crippen LogP contribution in [0.5, 0.6) is 0 Å². The third-order valence-corrected chi connectivity index (χ3v) is 4.15. The second-order valence-corrected chi connectivity index (χ2v) is 5.77. The third-order valence-electron chi connectivity index (χ3n) is 4.15. The van der Waals surface area contributed by atoms with E-state index < -0.39 is 31.1 Å². The molecule has 11 nitrogen and oxygen atoms in total. The molecular formula is C15H17N7O4. The maximum atomic E-state index is 10.2. The molecule has 0 saturated carbocycles. The first-order valence-electron chi connectivity index (χ1n) is 7.91. The zero-order chi connectivity index (χ0) is 18.1. The highest BCUT2D eigenvalue weighted by atomic mass is 16.6. The quantitative estimate of drug-likeness (QED) is 0.293. The van der Waals surface area contributed by atoms with E-state index in [9.17, 15) is 15.3 Å². The van der Waals surface area contributed by atoms with Gasteiger partial charge in [0.25, 0.3) is 0 Å². The summed E-state index contributed by atoms with van der Waals surface area (Å²) in [5.74, 6) is 0.378. The van der Waals surface area contributed by atoms with Gasteiger partial charge in [0.2, 0.25) is 0 Å². The first-order chi connectivity index (χ1) is 12.7. The number of ether oxygens (including phenoxy) is 1. The van der Waals surface area contributed by atoms with Crippen molar-refractivity contribution >= 4 is 23.2 Å². The van der Waals surface area contributed by atoms with Gasteiger partial charge in [0.1, 0.15) is 24.6 Å². The Morgan fingerprint density at radius 2 is 2.19 bits per heavy atom. The van der Waals surface area contributed by atoms with Crippen molar-refractivity contribution in [1.29, 1.82) is 0 Å². The van der Waals surface area contributed by atoms with Crippen LogP contribution in [0.25, 0.3) is 11.2 Å². The standard InChI is InChI=1S/C15H17N7O4/c23-5-9-11(24)12(25)15(26-9)22-7-19-10-13(17-6-18-14(10)22)21-20-4-8-2-1-3-16-8/h1-4,6-7,9,11-12,15-16,23-25H,5H2,(H,17,18,21)/b20-4+/t9-,11-,12-,15-/m1/s1. The zero-order valence-corrected chi connectivity index (χ0v) is 13.5. The molecule has 11 heteroatoms. The van der Waals surface area contributed by atoms with Gasteiger partial charge in [0, 0.05) is 6.20 Å². The number of hydrogen-bond acceptors (Lipinski definition) is 9. The molecule has 0 bridgehead atoms. The van der Waals surface area contributed by atoms with Crippen molar-refractivity contribution in [1.82, 2.24) is 24.5 Å². The number of aromatic amines is 1. The highest BCUT2D eigenvalue weighted by Crippen LogP contribution is 2.31. The number of aliphatic hydroxyl groups is 3. The number of hydrazone groups is 1. The molecule has 0 amide bonds. The minimum absolute atomic E-state index is 0.378. The fourth-order valence-electron chi connectivity index (χ4n) is 2.82. The molecule has 0 radical (unpaired) electrons. The lowest BCUT2D eigenvalue weighted by Gasteiger charge is -2.16. The van der Waals surface area contributed by atoms with Gasteiger partial charge in [0.05, 0.1) is 24.8 Å². The van der Waals surface area contributed by atoms with Crippen LogP contribution in [0.2, 0.25) is 0 Å². The average molecular weight is 359 g/mol. The Kier molecular flexibility index (Phi) is 4.34. The molecule has 5 N–H and O–H groups in total. The number of hydrogen-bond donors (Lipinski definition) is 5. The van der Waals surface area contributed by atoms with E-state index in [1.807, 2.05) is 12.1 Å². The number of imidazole rings is 1. The number of aromatic nitrogens is 5. The maximum absolute atomic E-state index is 10.2. The van der Waals surface area contributed by atoms with E-state index in [1.165, 1.54) is 17.2 Å². The molecule has 26 heavy (non-hydrogen) atoms. The minimum atomic E-state index is -1.22. The number of nitrogens with zero attached hydrogens (tertiary/aromatic N) is 5. The molecule has 0 aliphatic carbocycles. The highest BCUT2D eigenvalue weighted by molar-refractivity contribution is 5.84. The van der Waals surface area contributed by atoms with Gasteiger partial charge >= 0.3 is 0 Å². The minimum Gasteiger partial charge on any atom is -0.394 e. The van der Waals surface area contributed by atoms with Crippen molar-refractivity contribution in [2.75, 3.05) is 12.0 Å². The number of rotatable bonds is 5. The molecule has 1 aliphatic rings. The van der Waals surface area contributed by atoms with Crippen LogP contribution in [0.3, 0.4) is 0 Å². The summed E-state index contributed by atoms with van der Waals surface area (Å²) < 4.78 is 7.00. The van der Waals surface area contributed by atoms with E-state index in [0.717, 1.165) is 5.69 Å². The Hall–Kier alpha value is -2.86. The summed E-state index contributed by atoms with van der Waals surface area (Å²) in [5.41, 5.74) is 4.44. The predicted octanol–water partition coefficient (Wildman–Crippen LogP) is -0.788. The smallest absolute Gasteiger partial charge is 0.177 e. The monoisotopic (exact) mass is 359 g/mol. The Labute approximate surface area is 147 Å². The highest BCUT2D eigenvalue weighted by Gasteiger charge is 2.44. The van der Waals surface area contributed by atoms with Crippen molar-refractivity contribution < 1.29 is 20.1 Å². The van der Waals surface area contributed by atoms with Gasteiger partial charge in [-0.25, -0.2) is 15.0 Å². The van der Waals surface area contributed by atoms with Crippen LogP contribution < -0.4 is 5.43 Å². The summed E-state index contributed by atoms with van der Waals surface area (Å²) in [6.45, 7) is -0.406. The van der Waals surface area contributed by atoms with Crippen molar-refractivity contribution in [3.63, 3.8) is 0 Å². The lowest BCUT2D eigenvalue weighted by atomic mass is 10.1. The van der Waals surface area contributed by atoms with Crippen molar-refractivity contribution in [2.45, 2.75) is 24.5 Å². The number of H-pyrrole nitrogens is 1. The first kappa shape index (κ1) is 16.6. The van der Waals surface area contributed by atoms with Crippen LogP contribution in [0.1, 0.15) is 11.9 Å². The summed E-state index contributed by atoms with van der Waals surface area (Å²) in [6, 6.07) is 3.71. The van der Waals surface area contributed by atoms with Crippen molar-refractivity contribution in [3.05, 3.63) is 36.7 Å². The van der Waals surface area contributed by atoms with Crippen molar-refractivity contribution in [2.24, 2.45) is 5.10 Å².